The molecule has 0 aromatic heterocycles. The van der Waals surface area contributed by atoms with Crippen molar-refractivity contribution in [2.45, 2.75) is 33.2 Å². The Morgan fingerprint density at radius 2 is 1.94 bits per heavy atom. The molecule has 1 aromatic carbocycles. The van der Waals surface area contributed by atoms with Crippen molar-refractivity contribution in [3.05, 3.63) is 28.8 Å². The summed E-state index contributed by atoms with van der Waals surface area (Å²) in [5.41, 5.74) is 7.18. The molecule has 0 saturated heterocycles. The van der Waals surface area contributed by atoms with E-state index < -0.39 is 0 Å². The van der Waals surface area contributed by atoms with E-state index >= 15 is 0 Å². The summed E-state index contributed by atoms with van der Waals surface area (Å²) in [6.07, 6.45) is 0.902. The number of hydrogen-bond donors (Lipinski definition) is 1. The van der Waals surface area contributed by atoms with Gasteiger partial charge in [-0.05, 0) is 48.9 Å². The van der Waals surface area contributed by atoms with E-state index in [1.807, 2.05) is 18.2 Å². The molecule has 0 aliphatic rings. The van der Waals surface area contributed by atoms with E-state index in [1.165, 1.54) is 0 Å². The third kappa shape index (κ3) is 3.90. The number of methoxy groups -OCH3 is 1. The second kappa shape index (κ2) is 6.27. The number of nitrogens with two attached hydrogens (primary N) is 1. The topological polar surface area (TPSA) is 35.2 Å². The molecule has 0 aliphatic heterocycles. The van der Waals surface area contributed by atoms with Crippen LogP contribution in [0, 0.1) is 11.8 Å². The smallest absolute Gasteiger partial charge is 0.122 e. The van der Waals surface area contributed by atoms with Crippen molar-refractivity contribution in [2.75, 3.05) is 7.11 Å². The maximum atomic E-state index is 6.04. The summed E-state index contributed by atoms with van der Waals surface area (Å²) < 4.78 is 5.36. The number of hydrogen-bond acceptors (Lipinski definition) is 2. The minimum absolute atomic E-state index is 0.165. The number of halogens is 1. The third-order valence-corrected chi connectivity index (χ3v) is 3.46. The molecule has 0 aliphatic carbocycles. The number of benzene rings is 1. The first kappa shape index (κ1) is 14.3. The second-order valence-electron chi connectivity index (χ2n) is 4.93. The van der Waals surface area contributed by atoms with Gasteiger partial charge in [0.1, 0.15) is 5.75 Å². The van der Waals surface area contributed by atoms with Crippen LogP contribution in [0.25, 0.3) is 0 Å². The number of rotatable bonds is 5. The molecule has 0 spiro atoms. The highest BCUT2D eigenvalue weighted by Crippen LogP contribution is 2.28. The van der Waals surface area contributed by atoms with Crippen LogP contribution in [0.1, 0.15) is 26.3 Å². The summed E-state index contributed by atoms with van der Waals surface area (Å²) in [4.78, 5) is 0. The maximum absolute atomic E-state index is 6.04. The van der Waals surface area contributed by atoms with E-state index in [9.17, 15) is 0 Å². The van der Waals surface area contributed by atoms with Gasteiger partial charge in [-0.15, -0.1) is 0 Å². The fourth-order valence-corrected chi connectivity index (χ4v) is 2.38. The molecule has 1 rings (SSSR count). The minimum atomic E-state index is 0.165. The van der Waals surface area contributed by atoms with E-state index in [0.717, 1.165) is 22.8 Å². The Bertz CT molecular complexity index is 355. The van der Waals surface area contributed by atoms with Crippen molar-refractivity contribution < 1.29 is 4.74 Å². The van der Waals surface area contributed by atoms with Crippen LogP contribution >= 0.6 is 11.6 Å². The van der Waals surface area contributed by atoms with Gasteiger partial charge in [0.15, 0.2) is 0 Å². The first-order chi connectivity index (χ1) is 7.95. The molecule has 0 radical (unpaired) electrons. The highest BCUT2D eigenvalue weighted by molar-refractivity contribution is 6.30. The predicted octanol–water partition coefficient (Wildman–Crippen LogP) is 3.51. The zero-order valence-corrected chi connectivity index (χ0v) is 11.8. The molecule has 0 heterocycles. The fraction of sp³-hybridized carbons (Fsp3) is 0.571. The van der Waals surface area contributed by atoms with Crippen LogP contribution in [0.15, 0.2) is 18.2 Å². The van der Waals surface area contributed by atoms with Crippen LogP contribution in [0.3, 0.4) is 0 Å². The Labute approximate surface area is 109 Å². The highest BCUT2D eigenvalue weighted by Gasteiger charge is 2.20. The summed E-state index contributed by atoms with van der Waals surface area (Å²) in [5, 5.41) is 0.744. The highest BCUT2D eigenvalue weighted by atomic mass is 35.5. The molecule has 0 saturated carbocycles. The van der Waals surface area contributed by atoms with Gasteiger partial charge in [-0.1, -0.05) is 25.4 Å². The van der Waals surface area contributed by atoms with Crippen molar-refractivity contribution >= 4 is 11.6 Å². The summed E-state index contributed by atoms with van der Waals surface area (Å²) in [6, 6.07) is 5.90. The average molecular weight is 256 g/mol. The first-order valence-electron chi connectivity index (χ1n) is 6.03. The SMILES string of the molecule is COc1ccc(Cl)cc1CC(C(C)C)C(C)N. The van der Waals surface area contributed by atoms with Crippen molar-refractivity contribution in [3.63, 3.8) is 0 Å². The van der Waals surface area contributed by atoms with Gasteiger partial charge < -0.3 is 10.5 Å². The Hall–Kier alpha value is -0.730. The van der Waals surface area contributed by atoms with E-state index in [0.29, 0.717) is 11.8 Å². The second-order valence-corrected chi connectivity index (χ2v) is 5.36. The quantitative estimate of drug-likeness (QED) is 0.874. The predicted molar refractivity (Wildman–Crippen MR) is 73.7 cm³/mol. The summed E-state index contributed by atoms with van der Waals surface area (Å²) in [6.45, 7) is 6.46. The van der Waals surface area contributed by atoms with Crippen LogP contribution in [0.2, 0.25) is 5.02 Å². The van der Waals surface area contributed by atoms with Crippen LogP contribution in [0.5, 0.6) is 5.75 Å². The normalized spacial score (nSPS) is 14.8. The molecular weight excluding hydrogens is 234 g/mol. The summed E-state index contributed by atoms with van der Waals surface area (Å²) >= 11 is 6.03. The van der Waals surface area contributed by atoms with Crippen LogP contribution in [-0.4, -0.2) is 13.2 Å². The molecule has 2 N–H and O–H groups in total. The van der Waals surface area contributed by atoms with Gasteiger partial charge >= 0.3 is 0 Å². The van der Waals surface area contributed by atoms with Gasteiger partial charge in [-0.2, -0.15) is 0 Å². The molecule has 17 heavy (non-hydrogen) atoms. The molecular formula is C14H22ClNO. The average Bonchev–Trinajstić information content (AvgIpc) is 2.25. The van der Waals surface area contributed by atoms with Crippen LogP contribution < -0.4 is 10.5 Å². The van der Waals surface area contributed by atoms with Crippen molar-refractivity contribution in [1.82, 2.24) is 0 Å². The van der Waals surface area contributed by atoms with Gasteiger partial charge in [-0.3, -0.25) is 0 Å². The molecule has 3 heteroatoms. The molecule has 2 atom stereocenters. The van der Waals surface area contributed by atoms with Crippen molar-refractivity contribution in [3.8, 4) is 5.75 Å². The Morgan fingerprint density at radius 3 is 2.41 bits per heavy atom. The first-order valence-corrected chi connectivity index (χ1v) is 6.41. The summed E-state index contributed by atoms with van der Waals surface area (Å²) in [7, 11) is 1.68. The van der Waals surface area contributed by atoms with E-state index in [1.54, 1.807) is 7.11 Å². The van der Waals surface area contributed by atoms with E-state index in [2.05, 4.69) is 20.8 Å². The molecule has 96 valence electrons. The van der Waals surface area contributed by atoms with Gasteiger partial charge in [0.2, 0.25) is 0 Å². The van der Waals surface area contributed by atoms with E-state index in [4.69, 9.17) is 22.1 Å². The molecule has 0 bridgehead atoms. The molecule has 1 aromatic rings. The third-order valence-electron chi connectivity index (χ3n) is 3.23. The Kier molecular flexibility index (Phi) is 5.29. The van der Waals surface area contributed by atoms with Crippen molar-refractivity contribution in [2.24, 2.45) is 17.6 Å². The number of ether oxygens (including phenoxy) is 1. The standard InChI is InChI=1S/C14H22ClNO/c1-9(2)13(10(3)16)8-11-7-12(15)5-6-14(11)17-4/h5-7,9-10,13H,8,16H2,1-4H3. The zero-order chi connectivity index (χ0) is 13.0. The van der Waals surface area contributed by atoms with Gasteiger partial charge in [-0.25, -0.2) is 0 Å². The molecule has 0 fully saturated rings. The fourth-order valence-electron chi connectivity index (χ4n) is 2.19. The van der Waals surface area contributed by atoms with Crippen LogP contribution in [-0.2, 0) is 6.42 Å². The lowest BCUT2D eigenvalue weighted by molar-refractivity contribution is 0.323. The van der Waals surface area contributed by atoms with Gasteiger partial charge in [0, 0.05) is 11.1 Å². The largest absolute Gasteiger partial charge is 0.496 e. The minimum Gasteiger partial charge on any atom is -0.496 e. The van der Waals surface area contributed by atoms with Gasteiger partial charge in [0.25, 0.3) is 0 Å². The lowest BCUT2D eigenvalue weighted by Gasteiger charge is -2.25. The molecule has 2 nitrogen and oxygen atoms in total. The monoisotopic (exact) mass is 255 g/mol. The molecule has 0 amide bonds. The zero-order valence-electron chi connectivity index (χ0n) is 11.0. The maximum Gasteiger partial charge on any atom is 0.122 e. The Balaban J connectivity index is 2.95. The lowest BCUT2D eigenvalue weighted by atomic mass is 9.84. The van der Waals surface area contributed by atoms with Crippen LogP contribution in [0.4, 0.5) is 0 Å². The summed E-state index contributed by atoms with van der Waals surface area (Å²) in [5.74, 6) is 1.86. The van der Waals surface area contributed by atoms with E-state index in [-0.39, 0.29) is 6.04 Å². The van der Waals surface area contributed by atoms with Crippen molar-refractivity contribution in [1.29, 1.82) is 0 Å². The lowest BCUT2D eigenvalue weighted by Crippen LogP contribution is -2.32. The van der Waals surface area contributed by atoms with Gasteiger partial charge in [0.05, 0.1) is 7.11 Å². The molecule has 2 unspecified atom stereocenters. The Morgan fingerprint density at radius 1 is 1.29 bits per heavy atom.